The molecule has 0 aliphatic rings. The van der Waals surface area contributed by atoms with Gasteiger partial charge in [0.15, 0.2) is 5.82 Å². The van der Waals surface area contributed by atoms with E-state index in [9.17, 15) is 0 Å². The van der Waals surface area contributed by atoms with Crippen LogP contribution in [-0.4, -0.2) is 45.7 Å². The summed E-state index contributed by atoms with van der Waals surface area (Å²) in [5.74, 6) is 1.48. The van der Waals surface area contributed by atoms with E-state index >= 15 is 0 Å². The highest BCUT2D eigenvalue weighted by molar-refractivity contribution is 7.33. The highest BCUT2D eigenvalue weighted by Crippen LogP contribution is 2.15. The molecule has 0 saturated carbocycles. The van der Waals surface area contributed by atoms with Crippen LogP contribution in [0.5, 0.6) is 0 Å². The summed E-state index contributed by atoms with van der Waals surface area (Å²) in [4.78, 5) is 17.2. The summed E-state index contributed by atoms with van der Waals surface area (Å²) in [5, 5.41) is 8.05. The van der Waals surface area contributed by atoms with Crippen molar-refractivity contribution in [1.29, 1.82) is 0 Å². The maximum Gasteiger partial charge on any atom is 0.191 e. The summed E-state index contributed by atoms with van der Waals surface area (Å²) in [6, 6.07) is 0. The second-order valence-corrected chi connectivity index (χ2v) is 6.74. The molecule has 0 radical (unpaired) electrons. The lowest BCUT2D eigenvalue weighted by Gasteiger charge is -1.96. The van der Waals surface area contributed by atoms with E-state index in [0.29, 0.717) is 14.0 Å². The van der Waals surface area contributed by atoms with Gasteiger partial charge in [-0.1, -0.05) is 12.8 Å². The van der Waals surface area contributed by atoms with Gasteiger partial charge in [0, 0.05) is 30.8 Å². The van der Waals surface area contributed by atoms with Crippen LogP contribution in [0.3, 0.4) is 0 Å². The summed E-state index contributed by atoms with van der Waals surface area (Å²) in [6.07, 6.45) is 10.2. The Hall–Kier alpha value is -1.81. The van der Waals surface area contributed by atoms with E-state index in [1.165, 1.54) is 23.6 Å². The number of H-pyrrole nitrogens is 1. The quantitative estimate of drug-likeness (QED) is 0.570. The lowest BCUT2D eigenvalue weighted by molar-refractivity contribution is 0.655. The Morgan fingerprint density at radius 2 is 1.82 bits per heavy atom. The molecular weight excluding hydrogens is 295 g/mol. The molecule has 1 atom stereocenters. The Labute approximate surface area is 132 Å². The first-order chi connectivity index (χ1) is 10.7. The average Bonchev–Trinajstić information content (AvgIpc) is 3.09. The summed E-state index contributed by atoms with van der Waals surface area (Å²) >= 11 is 0. The monoisotopic (exact) mass is 318 g/mol. The second kappa shape index (κ2) is 9.26. The van der Waals surface area contributed by atoms with Crippen LogP contribution in [0.15, 0.2) is 16.2 Å². The minimum absolute atomic E-state index is 0.660. The standard InChI is InChI=1S/C15H23N6P/c1-12-19-15(21-20-12)11-17-8-6-4-3-5-7-16-9-14-10-18-13(2)22-14/h9-11,22H,3-8H2,1-2H3,(H,19,20,21). The predicted molar refractivity (Wildman–Crippen MR) is 93.0 cm³/mol. The van der Waals surface area contributed by atoms with Crippen LogP contribution >= 0.6 is 8.19 Å². The maximum absolute atomic E-state index is 4.45. The zero-order valence-corrected chi connectivity index (χ0v) is 14.2. The molecule has 0 saturated heterocycles. The summed E-state index contributed by atoms with van der Waals surface area (Å²) in [7, 11) is 0.708. The van der Waals surface area contributed by atoms with Crippen molar-refractivity contribution in [2.24, 2.45) is 9.98 Å². The fourth-order valence-corrected chi connectivity index (χ4v) is 2.82. The Balaban J connectivity index is 1.47. The number of rotatable bonds is 9. The van der Waals surface area contributed by atoms with E-state index in [1.54, 1.807) is 6.21 Å². The summed E-state index contributed by atoms with van der Waals surface area (Å²) in [6.45, 7) is 5.67. The molecule has 1 N–H and O–H groups in total. The van der Waals surface area contributed by atoms with Crippen molar-refractivity contribution >= 4 is 20.6 Å². The maximum atomic E-state index is 4.45. The number of hydrogen-bond donors (Lipinski definition) is 1. The van der Waals surface area contributed by atoms with Crippen LogP contribution in [-0.2, 0) is 0 Å². The van der Waals surface area contributed by atoms with Crippen molar-refractivity contribution in [3.05, 3.63) is 28.6 Å². The SMILES string of the molecule is Cc1nc(C=NCCCCCCN=Cc2cnc(C)[pH]2)n[nH]1. The molecule has 22 heavy (non-hydrogen) atoms. The van der Waals surface area contributed by atoms with Crippen molar-refractivity contribution in [3.63, 3.8) is 0 Å². The highest BCUT2D eigenvalue weighted by atomic mass is 31.0. The van der Waals surface area contributed by atoms with Crippen molar-refractivity contribution in [2.45, 2.75) is 39.5 Å². The first-order valence-corrected chi connectivity index (χ1v) is 8.64. The number of unbranched alkanes of at least 4 members (excludes halogenated alkanes) is 3. The van der Waals surface area contributed by atoms with Gasteiger partial charge in [0.25, 0.3) is 0 Å². The smallest absolute Gasteiger partial charge is 0.191 e. The van der Waals surface area contributed by atoms with Crippen LogP contribution in [0.25, 0.3) is 0 Å². The molecular formula is C15H23N6P. The number of nitrogens with one attached hydrogen (secondary N) is 1. The van der Waals surface area contributed by atoms with Crippen LogP contribution in [0.4, 0.5) is 0 Å². The molecule has 0 aliphatic carbocycles. The van der Waals surface area contributed by atoms with E-state index < -0.39 is 0 Å². The van der Waals surface area contributed by atoms with Gasteiger partial charge in [-0.3, -0.25) is 20.1 Å². The minimum atomic E-state index is 0.660. The lowest BCUT2D eigenvalue weighted by atomic mass is 10.2. The van der Waals surface area contributed by atoms with Crippen molar-refractivity contribution in [2.75, 3.05) is 13.1 Å². The molecule has 0 amide bonds. The summed E-state index contributed by atoms with van der Waals surface area (Å²) < 4.78 is 0. The van der Waals surface area contributed by atoms with E-state index in [0.717, 1.165) is 31.8 Å². The summed E-state index contributed by atoms with van der Waals surface area (Å²) in [5.41, 5.74) is 1.20. The zero-order chi connectivity index (χ0) is 15.6. The van der Waals surface area contributed by atoms with Gasteiger partial charge in [0.05, 0.1) is 11.6 Å². The molecule has 2 aromatic rings. The Morgan fingerprint density at radius 1 is 1.09 bits per heavy atom. The van der Waals surface area contributed by atoms with Crippen LogP contribution in [0, 0.1) is 13.8 Å². The molecule has 0 aliphatic heterocycles. The zero-order valence-electron chi connectivity index (χ0n) is 13.2. The van der Waals surface area contributed by atoms with Crippen LogP contribution < -0.4 is 0 Å². The van der Waals surface area contributed by atoms with Gasteiger partial charge in [-0.25, -0.2) is 4.98 Å². The van der Waals surface area contributed by atoms with E-state index in [4.69, 9.17) is 0 Å². The van der Waals surface area contributed by atoms with E-state index in [1.807, 2.05) is 19.3 Å². The molecule has 1 unspecified atom stereocenters. The first kappa shape index (κ1) is 16.6. The topological polar surface area (TPSA) is 79.2 Å². The van der Waals surface area contributed by atoms with Gasteiger partial charge in [0.1, 0.15) is 5.82 Å². The second-order valence-electron chi connectivity index (χ2n) is 5.19. The van der Waals surface area contributed by atoms with Gasteiger partial charge in [-0.2, -0.15) is 5.10 Å². The number of aryl methyl sites for hydroxylation is 2. The Bertz CT molecular complexity index is 559. The number of aromatic amines is 1. The van der Waals surface area contributed by atoms with Crippen LogP contribution in [0.2, 0.25) is 0 Å². The highest BCUT2D eigenvalue weighted by Gasteiger charge is 1.94. The predicted octanol–water partition coefficient (Wildman–Crippen LogP) is 2.95. The van der Waals surface area contributed by atoms with Gasteiger partial charge in [-0.05, 0) is 26.7 Å². The Kier molecular flexibility index (Phi) is 6.97. The van der Waals surface area contributed by atoms with Gasteiger partial charge in [0.2, 0.25) is 0 Å². The molecule has 118 valence electrons. The molecule has 6 nitrogen and oxygen atoms in total. The van der Waals surface area contributed by atoms with Crippen molar-refractivity contribution < 1.29 is 0 Å². The van der Waals surface area contributed by atoms with E-state index in [2.05, 4.69) is 37.1 Å². The third-order valence-electron chi connectivity index (χ3n) is 3.10. The molecule has 0 bridgehead atoms. The lowest BCUT2D eigenvalue weighted by Crippen LogP contribution is -1.89. The molecule has 0 spiro atoms. The fraction of sp³-hybridized carbons (Fsp3) is 0.533. The largest absolute Gasteiger partial charge is 0.292 e. The molecule has 0 fully saturated rings. The molecule has 2 heterocycles. The number of hydrogen-bond acceptors (Lipinski definition) is 5. The van der Waals surface area contributed by atoms with Gasteiger partial charge >= 0.3 is 0 Å². The van der Waals surface area contributed by atoms with Gasteiger partial charge < -0.3 is 0 Å². The molecule has 0 aromatic carbocycles. The first-order valence-electron chi connectivity index (χ1n) is 7.64. The normalized spacial score (nSPS) is 12.3. The number of aromatic nitrogens is 4. The third kappa shape index (κ3) is 6.31. The minimum Gasteiger partial charge on any atom is -0.292 e. The molecule has 2 aromatic heterocycles. The fourth-order valence-electron chi connectivity index (χ4n) is 1.99. The third-order valence-corrected chi connectivity index (χ3v) is 4.14. The number of aliphatic imine (C=N–C) groups is 2. The molecule has 2 rings (SSSR count). The van der Waals surface area contributed by atoms with Crippen molar-refractivity contribution in [3.8, 4) is 0 Å². The van der Waals surface area contributed by atoms with E-state index in [-0.39, 0.29) is 0 Å². The van der Waals surface area contributed by atoms with Crippen LogP contribution in [0.1, 0.15) is 48.1 Å². The molecule has 7 heteroatoms. The average molecular weight is 318 g/mol. The van der Waals surface area contributed by atoms with Crippen molar-refractivity contribution in [1.82, 2.24) is 20.2 Å². The Morgan fingerprint density at radius 3 is 2.41 bits per heavy atom. The van der Waals surface area contributed by atoms with Gasteiger partial charge in [-0.15, -0.1) is 8.19 Å². The number of nitrogens with zero attached hydrogens (tertiary/aromatic N) is 5.